The Balaban J connectivity index is 1.40. The second-order valence-electron chi connectivity index (χ2n) is 10.3. The molecule has 10 nitrogen and oxygen atoms in total. The van der Waals surface area contributed by atoms with E-state index in [4.69, 9.17) is 9.97 Å². The van der Waals surface area contributed by atoms with Crippen LogP contribution in [0, 0.1) is 0 Å². The number of allylic oxidation sites excluding steroid dienone is 2. The van der Waals surface area contributed by atoms with Gasteiger partial charge in [-0.2, -0.15) is 4.98 Å². The van der Waals surface area contributed by atoms with E-state index >= 15 is 0 Å². The first-order chi connectivity index (χ1) is 18.4. The van der Waals surface area contributed by atoms with Crippen LogP contribution in [0.1, 0.15) is 25.5 Å². The molecule has 10 heteroatoms. The van der Waals surface area contributed by atoms with Crippen LogP contribution in [-0.2, 0) is 12.1 Å². The van der Waals surface area contributed by atoms with Gasteiger partial charge in [0.15, 0.2) is 11.5 Å². The molecule has 2 bridgehead atoms. The number of piperazine rings is 1. The Kier molecular flexibility index (Phi) is 6.21. The number of fused-ring (bicyclic) bond motifs is 6. The van der Waals surface area contributed by atoms with E-state index in [0.29, 0.717) is 47.9 Å². The van der Waals surface area contributed by atoms with Gasteiger partial charge in [-0.25, -0.2) is 19.3 Å². The monoisotopic (exact) mass is 512 g/mol. The van der Waals surface area contributed by atoms with Crippen molar-refractivity contribution in [3.8, 4) is 5.82 Å². The predicted molar refractivity (Wildman–Crippen MR) is 148 cm³/mol. The van der Waals surface area contributed by atoms with E-state index in [1.807, 2.05) is 42.5 Å². The molecular weight excluding hydrogens is 480 g/mol. The van der Waals surface area contributed by atoms with Crippen molar-refractivity contribution in [1.82, 2.24) is 29.2 Å². The molecule has 1 saturated heterocycles. The van der Waals surface area contributed by atoms with Crippen LogP contribution in [0.2, 0.25) is 0 Å². The Morgan fingerprint density at radius 3 is 2.68 bits per heavy atom. The minimum Gasteiger partial charge on any atom is -0.384 e. The van der Waals surface area contributed by atoms with E-state index in [1.165, 1.54) is 0 Å². The molecule has 6 rings (SSSR count). The fourth-order valence-corrected chi connectivity index (χ4v) is 5.09. The molecule has 1 atom stereocenters. The zero-order valence-corrected chi connectivity index (χ0v) is 21.7. The van der Waals surface area contributed by atoms with E-state index in [2.05, 4.69) is 39.3 Å². The van der Waals surface area contributed by atoms with E-state index in [0.717, 1.165) is 37.6 Å². The number of benzene rings is 1. The largest absolute Gasteiger partial charge is 0.384 e. The summed E-state index contributed by atoms with van der Waals surface area (Å²) in [6.45, 7) is 6.16. The van der Waals surface area contributed by atoms with Crippen LogP contribution in [0.5, 0.6) is 0 Å². The van der Waals surface area contributed by atoms with Crippen molar-refractivity contribution in [2.45, 2.75) is 31.9 Å². The van der Waals surface area contributed by atoms with Crippen molar-refractivity contribution in [2.24, 2.45) is 0 Å². The maximum atomic E-state index is 13.4. The van der Waals surface area contributed by atoms with Crippen molar-refractivity contribution in [3.05, 3.63) is 76.9 Å². The zero-order valence-electron chi connectivity index (χ0n) is 21.7. The van der Waals surface area contributed by atoms with Crippen LogP contribution in [0.15, 0.2) is 65.6 Å². The molecule has 2 aliphatic rings. The van der Waals surface area contributed by atoms with Crippen molar-refractivity contribution in [2.75, 3.05) is 43.4 Å². The van der Waals surface area contributed by atoms with Crippen molar-refractivity contribution in [1.29, 1.82) is 0 Å². The van der Waals surface area contributed by atoms with E-state index < -0.39 is 5.60 Å². The summed E-state index contributed by atoms with van der Waals surface area (Å²) in [6, 6.07) is 13.7. The second kappa shape index (κ2) is 9.70. The van der Waals surface area contributed by atoms with Gasteiger partial charge >= 0.3 is 0 Å². The summed E-state index contributed by atoms with van der Waals surface area (Å²) >= 11 is 0. The number of nitrogens with zero attached hydrogens (tertiary/aromatic N) is 7. The highest BCUT2D eigenvalue weighted by atomic mass is 16.3. The van der Waals surface area contributed by atoms with Crippen LogP contribution in [0.4, 0.5) is 17.3 Å². The Morgan fingerprint density at radius 2 is 1.84 bits per heavy atom. The first-order valence-electron chi connectivity index (χ1n) is 13.0. The maximum Gasteiger partial charge on any atom is 0.278 e. The van der Waals surface area contributed by atoms with Crippen molar-refractivity contribution in [3.63, 3.8) is 0 Å². The second-order valence-corrected chi connectivity index (χ2v) is 10.3. The summed E-state index contributed by atoms with van der Waals surface area (Å²) in [6.07, 6.45) is 6.71. The highest BCUT2D eigenvalue weighted by Crippen LogP contribution is 2.27. The van der Waals surface area contributed by atoms with Gasteiger partial charge in [0.2, 0.25) is 5.95 Å². The maximum absolute atomic E-state index is 13.4. The van der Waals surface area contributed by atoms with Crippen LogP contribution in [0.25, 0.3) is 16.9 Å². The minimum atomic E-state index is -1.09. The van der Waals surface area contributed by atoms with Gasteiger partial charge in [0, 0.05) is 43.8 Å². The molecule has 2 N–H and O–H groups in total. The lowest BCUT2D eigenvalue weighted by Crippen LogP contribution is -2.44. The molecule has 0 radical (unpaired) electrons. The molecule has 38 heavy (non-hydrogen) atoms. The third-order valence-electron chi connectivity index (χ3n) is 7.39. The molecule has 1 aromatic carbocycles. The van der Waals surface area contributed by atoms with Gasteiger partial charge in [0.1, 0.15) is 11.0 Å². The van der Waals surface area contributed by atoms with Gasteiger partial charge in [0.05, 0.1) is 12.2 Å². The first-order valence-corrected chi connectivity index (χ1v) is 13.0. The van der Waals surface area contributed by atoms with Crippen LogP contribution in [-0.4, -0.2) is 67.5 Å². The lowest BCUT2D eigenvalue weighted by Gasteiger charge is -2.34. The third-order valence-corrected chi connectivity index (χ3v) is 7.39. The van der Waals surface area contributed by atoms with E-state index in [-0.39, 0.29) is 5.56 Å². The Hall–Kier alpha value is -4.02. The molecule has 0 spiro atoms. The van der Waals surface area contributed by atoms with Gasteiger partial charge in [-0.3, -0.25) is 4.79 Å². The summed E-state index contributed by atoms with van der Waals surface area (Å²) < 4.78 is 3.33. The van der Waals surface area contributed by atoms with E-state index in [1.54, 1.807) is 22.5 Å². The molecule has 0 amide bonds. The number of likely N-dealkylation sites (N-methyl/N-ethyl adjacent to an activating group) is 1. The molecule has 4 aromatic rings. The fraction of sp³-hybridized carbons (Fsp3) is 0.357. The number of hydrogen-bond acceptors (Lipinski definition) is 8. The summed E-state index contributed by atoms with van der Waals surface area (Å²) in [7, 11) is 2.15. The number of anilines is 3. The molecule has 5 heterocycles. The number of rotatable bonds is 3. The molecule has 0 aliphatic carbocycles. The lowest BCUT2D eigenvalue weighted by molar-refractivity contribution is 0.0443. The average molecular weight is 513 g/mol. The molecular formula is C28H32N8O2. The van der Waals surface area contributed by atoms with Gasteiger partial charge < -0.3 is 20.2 Å². The summed E-state index contributed by atoms with van der Waals surface area (Å²) in [5.74, 6) is 0.911. The summed E-state index contributed by atoms with van der Waals surface area (Å²) in [5.41, 5.74) is 1.76. The highest BCUT2D eigenvalue weighted by Gasteiger charge is 2.26. The number of nitrogens with one attached hydrogen (secondary N) is 1. The summed E-state index contributed by atoms with van der Waals surface area (Å²) in [4.78, 5) is 32.1. The summed E-state index contributed by atoms with van der Waals surface area (Å²) in [5, 5.41) is 14.8. The van der Waals surface area contributed by atoms with Gasteiger partial charge in [-0.15, -0.1) is 0 Å². The fourth-order valence-electron chi connectivity index (χ4n) is 5.09. The van der Waals surface area contributed by atoms with Crippen LogP contribution >= 0.6 is 0 Å². The SMILES string of the molecule is CN1CCN(c2cccc(Nc3ncc4c(=O)n5n(c4n3)-c3cccc(n3)C(C)(O)CC/C=C\C5)c2)CC1. The van der Waals surface area contributed by atoms with E-state index in [9.17, 15) is 9.90 Å². The number of aliphatic hydroxyl groups is 1. The Labute approximate surface area is 220 Å². The van der Waals surface area contributed by atoms with Gasteiger partial charge in [0.25, 0.3) is 5.56 Å². The highest BCUT2D eigenvalue weighted by molar-refractivity contribution is 5.77. The quantitative estimate of drug-likeness (QED) is 0.404. The van der Waals surface area contributed by atoms with Crippen molar-refractivity contribution < 1.29 is 5.11 Å². The normalized spacial score (nSPS) is 21.1. The molecule has 1 unspecified atom stereocenters. The topological polar surface area (TPSA) is 104 Å². The number of hydrogen-bond donors (Lipinski definition) is 2. The first kappa shape index (κ1) is 24.3. The lowest BCUT2D eigenvalue weighted by atomic mass is 9.95. The molecule has 3 aromatic heterocycles. The molecule has 196 valence electrons. The smallest absolute Gasteiger partial charge is 0.278 e. The van der Waals surface area contributed by atoms with Gasteiger partial charge in [-0.05, 0) is 57.1 Å². The average Bonchev–Trinajstić information content (AvgIpc) is 3.19. The third kappa shape index (κ3) is 4.57. The Bertz CT molecular complexity index is 1560. The minimum absolute atomic E-state index is 0.188. The Morgan fingerprint density at radius 1 is 1.03 bits per heavy atom. The van der Waals surface area contributed by atoms with Crippen molar-refractivity contribution >= 4 is 28.4 Å². The van der Waals surface area contributed by atoms with Crippen LogP contribution < -0.4 is 15.8 Å². The number of pyridine rings is 1. The van der Waals surface area contributed by atoms with Crippen LogP contribution in [0.3, 0.4) is 0 Å². The standard InChI is InChI=1S/C28H32N8O2/c1-28(38)12-4-3-5-13-35-26(37)22-19-29-27(32-25(22)36(35)24-11-7-10-23(28)31-24)30-20-8-6-9-21(18-20)34-16-14-33(2)15-17-34/h3,5-11,18-19,38H,4,12-17H2,1-2H3,(H,29,30,32)/b5-3-. The molecule has 2 aliphatic heterocycles. The van der Waals surface area contributed by atoms with Gasteiger partial charge in [-0.1, -0.05) is 24.3 Å². The number of aromatic nitrogens is 5. The zero-order chi connectivity index (χ0) is 26.3. The predicted octanol–water partition coefficient (Wildman–Crippen LogP) is 3.03. The molecule has 1 fully saturated rings. The molecule has 0 saturated carbocycles.